The molecule has 0 amide bonds. The molecule has 0 saturated carbocycles. The van der Waals surface area contributed by atoms with Crippen LogP contribution in [0.4, 0.5) is 13.2 Å². The summed E-state index contributed by atoms with van der Waals surface area (Å²) in [5, 5.41) is 0. The van der Waals surface area contributed by atoms with E-state index >= 15 is 0 Å². The van der Waals surface area contributed by atoms with Gasteiger partial charge in [0.25, 0.3) is 5.56 Å². The third-order valence-electron chi connectivity index (χ3n) is 3.57. The molecule has 3 aromatic rings. The van der Waals surface area contributed by atoms with E-state index in [-0.39, 0.29) is 16.7 Å². The molecule has 0 radical (unpaired) electrons. The SMILES string of the molecule is Cn1c(=O)n(Cc2ccccc2C(F)(F)F)c(=O)c2[nH]cnc21. The number of aromatic amines is 1. The Balaban J connectivity index is 2.21. The van der Waals surface area contributed by atoms with Gasteiger partial charge in [-0.25, -0.2) is 9.78 Å². The molecule has 0 saturated heterocycles. The lowest BCUT2D eigenvalue weighted by molar-refractivity contribution is -0.138. The van der Waals surface area contributed by atoms with Gasteiger partial charge < -0.3 is 4.98 Å². The standard InChI is InChI=1S/C14H11F3N4O2/c1-20-11-10(18-7-19-11)12(22)21(13(20)23)6-8-4-2-3-5-9(8)14(15,16)17/h2-5,7H,6H2,1H3,(H,18,19). The van der Waals surface area contributed by atoms with E-state index in [2.05, 4.69) is 9.97 Å². The number of rotatable bonds is 2. The van der Waals surface area contributed by atoms with E-state index in [4.69, 9.17) is 0 Å². The van der Waals surface area contributed by atoms with Crippen molar-refractivity contribution in [1.82, 2.24) is 19.1 Å². The first-order chi connectivity index (χ1) is 10.8. The number of benzene rings is 1. The van der Waals surface area contributed by atoms with Crippen LogP contribution in [0.5, 0.6) is 0 Å². The zero-order valence-electron chi connectivity index (χ0n) is 11.9. The molecule has 6 nitrogen and oxygen atoms in total. The van der Waals surface area contributed by atoms with Gasteiger partial charge in [-0.1, -0.05) is 18.2 Å². The van der Waals surface area contributed by atoms with E-state index in [9.17, 15) is 22.8 Å². The largest absolute Gasteiger partial charge is 0.416 e. The number of fused-ring (bicyclic) bond motifs is 1. The number of nitrogens with zero attached hydrogens (tertiary/aromatic N) is 3. The van der Waals surface area contributed by atoms with E-state index in [1.807, 2.05) is 0 Å². The predicted octanol–water partition coefficient (Wildman–Crippen LogP) is 1.49. The zero-order valence-corrected chi connectivity index (χ0v) is 11.9. The number of halogens is 3. The smallest absolute Gasteiger partial charge is 0.339 e. The maximum Gasteiger partial charge on any atom is 0.416 e. The Morgan fingerprint density at radius 3 is 2.61 bits per heavy atom. The van der Waals surface area contributed by atoms with Gasteiger partial charge >= 0.3 is 11.9 Å². The Kier molecular flexibility index (Phi) is 3.35. The fraction of sp³-hybridized carbons (Fsp3) is 0.214. The second-order valence-electron chi connectivity index (χ2n) is 4.99. The Morgan fingerprint density at radius 1 is 1.22 bits per heavy atom. The van der Waals surface area contributed by atoms with Gasteiger partial charge in [-0.2, -0.15) is 13.2 Å². The number of H-pyrrole nitrogens is 1. The van der Waals surface area contributed by atoms with Crippen LogP contribution in [0.25, 0.3) is 11.2 Å². The van der Waals surface area contributed by atoms with Gasteiger partial charge in [0.15, 0.2) is 5.65 Å². The summed E-state index contributed by atoms with van der Waals surface area (Å²) in [6.45, 7) is -0.476. The molecule has 0 unspecified atom stereocenters. The molecule has 1 N–H and O–H groups in total. The first-order valence-corrected chi connectivity index (χ1v) is 6.58. The fourth-order valence-corrected chi connectivity index (χ4v) is 2.44. The molecule has 0 aliphatic carbocycles. The minimum Gasteiger partial charge on any atom is -0.339 e. The van der Waals surface area contributed by atoms with Gasteiger partial charge in [-0.05, 0) is 11.6 Å². The molecule has 0 aliphatic heterocycles. The van der Waals surface area contributed by atoms with E-state index < -0.39 is 29.5 Å². The monoisotopic (exact) mass is 324 g/mol. The normalized spacial score (nSPS) is 12.0. The van der Waals surface area contributed by atoms with Crippen LogP contribution in [0.2, 0.25) is 0 Å². The molecule has 0 spiro atoms. The van der Waals surface area contributed by atoms with Crippen LogP contribution in [-0.2, 0) is 19.8 Å². The van der Waals surface area contributed by atoms with Crippen molar-refractivity contribution in [2.45, 2.75) is 12.7 Å². The Hall–Kier alpha value is -2.84. The van der Waals surface area contributed by atoms with Gasteiger partial charge in [-0.3, -0.25) is 13.9 Å². The average molecular weight is 324 g/mol. The number of nitrogens with one attached hydrogen (secondary N) is 1. The lowest BCUT2D eigenvalue weighted by atomic mass is 10.1. The number of imidazole rings is 1. The quantitative estimate of drug-likeness (QED) is 0.776. The van der Waals surface area contributed by atoms with Crippen molar-refractivity contribution < 1.29 is 13.2 Å². The first kappa shape index (κ1) is 15.1. The highest BCUT2D eigenvalue weighted by molar-refractivity contribution is 5.68. The van der Waals surface area contributed by atoms with E-state index in [0.29, 0.717) is 0 Å². The van der Waals surface area contributed by atoms with Gasteiger partial charge in [-0.15, -0.1) is 0 Å². The summed E-state index contributed by atoms with van der Waals surface area (Å²) in [6.07, 6.45) is -3.32. The molecule has 0 fully saturated rings. The molecular weight excluding hydrogens is 313 g/mol. The number of aromatic nitrogens is 4. The fourth-order valence-electron chi connectivity index (χ4n) is 2.44. The average Bonchev–Trinajstić information content (AvgIpc) is 2.98. The first-order valence-electron chi connectivity index (χ1n) is 6.58. The molecule has 1 aromatic carbocycles. The summed E-state index contributed by atoms with van der Waals surface area (Å²) in [5.74, 6) is 0. The number of hydrogen-bond donors (Lipinski definition) is 1. The van der Waals surface area contributed by atoms with Crippen molar-refractivity contribution in [2.75, 3.05) is 0 Å². The van der Waals surface area contributed by atoms with Crippen LogP contribution in [0.1, 0.15) is 11.1 Å². The van der Waals surface area contributed by atoms with Crippen LogP contribution in [0, 0.1) is 0 Å². The van der Waals surface area contributed by atoms with Crippen LogP contribution < -0.4 is 11.2 Å². The van der Waals surface area contributed by atoms with Crippen molar-refractivity contribution in [3.63, 3.8) is 0 Å². The van der Waals surface area contributed by atoms with Crippen molar-refractivity contribution in [3.8, 4) is 0 Å². The zero-order chi connectivity index (χ0) is 16.8. The second kappa shape index (κ2) is 5.11. The van der Waals surface area contributed by atoms with Crippen molar-refractivity contribution in [2.24, 2.45) is 7.05 Å². The molecule has 0 aliphatic rings. The van der Waals surface area contributed by atoms with Crippen molar-refractivity contribution >= 4 is 11.2 Å². The third kappa shape index (κ3) is 2.43. The van der Waals surface area contributed by atoms with E-state index in [1.165, 1.54) is 31.6 Å². The van der Waals surface area contributed by atoms with Gasteiger partial charge in [0.05, 0.1) is 18.4 Å². The molecule has 9 heteroatoms. The van der Waals surface area contributed by atoms with Crippen molar-refractivity contribution in [1.29, 1.82) is 0 Å². The summed E-state index contributed by atoms with van der Waals surface area (Å²) in [5.41, 5.74) is -2.25. The Morgan fingerprint density at radius 2 is 1.91 bits per heavy atom. The lowest BCUT2D eigenvalue weighted by Crippen LogP contribution is -2.39. The Labute approximate surface area is 126 Å². The van der Waals surface area contributed by atoms with Crippen LogP contribution in [0.3, 0.4) is 0 Å². The molecule has 2 aromatic heterocycles. The Bertz CT molecular complexity index is 998. The number of alkyl halides is 3. The molecular formula is C14H11F3N4O2. The van der Waals surface area contributed by atoms with Gasteiger partial charge in [0.2, 0.25) is 0 Å². The highest BCUT2D eigenvalue weighted by Crippen LogP contribution is 2.31. The van der Waals surface area contributed by atoms with Gasteiger partial charge in [0.1, 0.15) is 5.52 Å². The molecule has 3 rings (SSSR count). The lowest BCUT2D eigenvalue weighted by Gasteiger charge is -2.14. The number of aryl methyl sites for hydroxylation is 1. The summed E-state index contributed by atoms with van der Waals surface area (Å²) in [4.78, 5) is 31.0. The molecule has 23 heavy (non-hydrogen) atoms. The summed E-state index contributed by atoms with van der Waals surface area (Å²) >= 11 is 0. The minimum absolute atomic E-state index is 0.0663. The highest BCUT2D eigenvalue weighted by Gasteiger charge is 2.33. The second-order valence-corrected chi connectivity index (χ2v) is 4.99. The highest BCUT2D eigenvalue weighted by atomic mass is 19.4. The molecule has 2 heterocycles. The summed E-state index contributed by atoms with van der Waals surface area (Å²) in [7, 11) is 1.40. The van der Waals surface area contributed by atoms with Crippen LogP contribution in [0.15, 0.2) is 40.2 Å². The van der Waals surface area contributed by atoms with Gasteiger partial charge in [0, 0.05) is 7.05 Å². The van der Waals surface area contributed by atoms with E-state index in [0.717, 1.165) is 15.2 Å². The topological polar surface area (TPSA) is 72.7 Å². The molecule has 0 bridgehead atoms. The minimum atomic E-state index is -4.57. The van der Waals surface area contributed by atoms with Crippen LogP contribution >= 0.6 is 0 Å². The van der Waals surface area contributed by atoms with Crippen molar-refractivity contribution in [3.05, 3.63) is 62.6 Å². The summed E-state index contributed by atoms with van der Waals surface area (Å²) in [6, 6.07) is 4.84. The maximum absolute atomic E-state index is 13.0. The predicted molar refractivity (Wildman–Crippen MR) is 76.1 cm³/mol. The third-order valence-corrected chi connectivity index (χ3v) is 3.57. The molecule has 0 atom stereocenters. The van der Waals surface area contributed by atoms with Crippen LogP contribution in [-0.4, -0.2) is 19.1 Å². The van der Waals surface area contributed by atoms with E-state index in [1.54, 1.807) is 0 Å². The maximum atomic E-state index is 13.0. The summed E-state index contributed by atoms with van der Waals surface area (Å²) < 4.78 is 41.0. The molecule has 120 valence electrons. The number of hydrogen-bond acceptors (Lipinski definition) is 3.